The van der Waals surface area contributed by atoms with Crippen molar-refractivity contribution >= 4 is 17.5 Å². The normalized spacial score (nSPS) is 17.4. The fourth-order valence-electron chi connectivity index (χ4n) is 2.08. The zero-order valence-electron chi connectivity index (χ0n) is 10.8. The average molecular weight is 308 g/mol. The van der Waals surface area contributed by atoms with Gasteiger partial charge in [0.2, 0.25) is 11.7 Å². The molecule has 0 spiro atoms. The summed E-state index contributed by atoms with van der Waals surface area (Å²) < 4.78 is 40.9. The van der Waals surface area contributed by atoms with Gasteiger partial charge < -0.3 is 4.52 Å². The maximum Gasteiger partial charge on any atom is 0.450 e. The Morgan fingerprint density at radius 1 is 1.30 bits per heavy atom. The third-order valence-corrected chi connectivity index (χ3v) is 4.51. The Morgan fingerprint density at radius 2 is 2.00 bits per heavy atom. The summed E-state index contributed by atoms with van der Waals surface area (Å²) in [7, 11) is 0. The lowest BCUT2D eigenvalue weighted by Crippen LogP contribution is -2.24. The number of hydrogen-bond donors (Lipinski definition) is 0. The molecule has 4 nitrogen and oxygen atoms in total. The van der Waals surface area contributed by atoms with Crippen molar-refractivity contribution in [3.8, 4) is 0 Å². The molecule has 8 heteroatoms. The molecule has 1 aliphatic carbocycles. The van der Waals surface area contributed by atoms with Gasteiger partial charge >= 0.3 is 6.18 Å². The maximum absolute atomic E-state index is 12.1. The van der Waals surface area contributed by atoms with Crippen LogP contribution in [0.5, 0.6) is 0 Å². The molecule has 1 heterocycles. The quantitative estimate of drug-likeness (QED) is 0.835. The van der Waals surface area contributed by atoms with Crippen molar-refractivity contribution in [2.75, 3.05) is 0 Å². The zero-order chi connectivity index (χ0) is 14.6. The molecule has 0 bridgehead atoms. The van der Waals surface area contributed by atoms with Gasteiger partial charge in [-0.1, -0.05) is 24.4 Å². The van der Waals surface area contributed by atoms with Crippen LogP contribution in [0.3, 0.4) is 0 Å². The first kappa shape index (κ1) is 15.3. The maximum atomic E-state index is 12.1. The number of thioether (sulfide) groups is 1. The molecule has 20 heavy (non-hydrogen) atoms. The molecule has 0 radical (unpaired) electrons. The van der Waals surface area contributed by atoms with Gasteiger partial charge in [-0.2, -0.15) is 29.9 Å². The van der Waals surface area contributed by atoms with Gasteiger partial charge in [0.25, 0.3) is 0 Å². The number of carbonyl (C=O) groups excluding carboxylic acids is 1. The summed E-state index contributed by atoms with van der Waals surface area (Å²) in [6.07, 6.45) is 0.271. The predicted octanol–water partition coefficient (Wildman–Crippen LogP) is 3.31. The van der Waals surface area contributed by atoms with E-state index in [1.165, 1.54) is 19.3 Å². The molecule has 0 aliphatic heterocycles. The molecule has 0 unspecified atom stereocenters. The van der Waals surface area contributed by atoms with Gasteiger partial charge in [-0.25, -0.2) is 0 Å². The van der Waals surface area contributed by atoms with Gasteiger partial charge in [0.15, 0.2) is 5.82 Å². The summed E-state index contributed by atoms with van der Waals surface area (Å²) in [6, 6.07) is 0. The van der Waals surface area contributed by atoms with E-state index in [9.17, 15) is 18.0 Å². The number of ketones is 1. The van der Waals surface area contributed by atoms with E-state index >= 15 is 0 Å². The Morgan fingerprint density at radius 3 is 2.65 bits per heavy atom. The third-order valence-electron chi connectivity index (χ3n) is 3.14. The van der Waals surface area contributed by atoms with Crippen LogP contribution in [0.4, 0.5) is 13.2 Å². The van der Waals surface area contributed by atoms with Crippen molar-refractivity contribution in [1.82, 2.24) is 10.1 Å². The Hall–Kier alpha value is -1.05. The van der Waals surface area contributed by atoms with Gasteiger partial charge in [0.1, 0.15) is 0 Å². The van der Waals surface area contributed by atoms with Crippen LogP contribution in [0, 0.1) is 0 Å². The van der Waals surface area contributed by atoms with Crippen molar-refractivity contribution < 1.29 is 22.5 Å². The minimum absolute atomic E-state index is 0.272. The van der Waals surface area contributed by atoms with Gasteiger partial charge in [-0.3, -0.25) is 4.79 Å². The van der Waals surface area contributed by atoms with E-state index in [-0.39, 0.29) is 5.89 Å². The molecule has 1 fully saturated rings. The van der Waals surface area contributed by atoms with Crippen LogP contribution in [0.15, 0.2) is 4.52 Å². The Balaban J connectivity index is 1.81. The molecule has 1 aromatic heterocycles. The second-order valence-corrected chi connectivity index (χ2v) is 6.06. The van der Waals surface area contributed by atoms with Gasteiger partial charge in [0, 0.05) is 5.25 Å². The van der Waals surface area contributed by atoms with E-state index < -0.39 is 18.4 Å². The zero-order valence-corrected chi connectivity index (χ0v) is 11.6. The molecule has 1 aromatic rings. The van der Waals surface area contributed by atoms with Crippen molar-refractivity contribution in [2.24, 2.45) is 0 Å². The SMILES string of the molecule is O=C(Cc1nc(CSC2CCCCC2)no1)C(F)(F)F. The topological polar surface area (TPSA) is 56.0 Å². The Kier molecular flexibility index (Phi) is 5.06. The lowest BCUT2D eigenvalue weighted by Gasteiger charge is -2.19. The predicted molar refractivity (Wildman–Crippen MR) is 67.2 cm³/mol. The van der Waals surface area contributed by atoms with Crippen molar-refractivity contribution in [3.05, 3.63) is 11.7 Å². The monoisotopic (exact) mass is 308 g/mol. The van der Waals surface area contributed by atoms with E-state index in [0.717, 1.165) is 12.8 Å². The van der Waals surface area contributed by atoms with Crippen LogP contribution in [0.2, 0.25) is 0 Å². The first-order chi connectivity index (χ1) is 9.45. The lowest BCUT2D eigenvalue weighted by atomic mass is 10.0. The molecule has 0 saturated heterocycles. The van der Waals surface area contributed by atoms with E-state index in [0.29, 0.717) is 16.8 Å². The number of rotatable bonds is 5. The number of Topliss-reactive ketones (excluding diaryl/α,β-unsaturated/α-hetero) is 1. The Bertz CT molecular complexity index is 456. The third kappa shape index (κ3) is 4.50. The van der Waals surface area contributed by atoms with Gasteiger partial charge in [0.05, 0.1) is 12.2 Å². The highest BCUT2D eigenvalue weighted by atomic mass is 32.2. The fourth-order valence-corrected chi connectivity index (χ4v) is 3.25. The molecule has 0 aromatic carbocycles. The molecular weight excluding hydrogens is 293 g/mol. The largest absolute Gasteiger partial charge is 0.450 e. The average Bonchev–Trinajstić information content (AvgIpc) is 2.84. The molecule has 1 aliphatic rings. The fraction of sp³-hybridized carbons (Fsp3) is 0.750. The second-order valence-electron chi connectivity index (χ2n) is 4.77. The summed E-state index contributed by atoms with van der Waals surface area (Å²) in [6.45, 7) is 0. The van der Waals surface area contributed by atoms with E-state index in [2.05, 4.69) is 14.7 Å². The summed E-state index contributed by atoms with van der Waals surface area (Å²) in [5.41, 5.74) is 0. The number of carbonyl (C=O) groups is 1. The molecule has 112 valence electrons. The highest BCUT2D eigenvalue weighted by Crippen LogP contribution is 2.29. The summed E-state index contributed by atoms with van der Waals surface area (Å²) in [5.74, 6) is -1.28. The number of halogens is 3. The van der Waals surface area contributed by atoms with Crippen LogP contribution in [0.25, 0.3) is 0 Å². The van der Waals surface area contributed by atoms with Crippen molar-refractivity contribution in [3.63, 3.8) is 0 Å². The van der Waals surface area contributed by atoms with Crippen molar-refractivity contribution in [1.29, 1.82) is 0 Å². The molecule has 1 saturated carbocycles. The first-order valence-corrected chi connectivity index (χ1v) is 7.53. The Labute approximate surface area is 118 Å². The molecule has 0 amide bonds. The number of hydrogen-bond acceptors (Lipinski definition) is 5. The second kappa shape index (κ2) is 6.60. The lowest BCUT2D eigenvalue weighted by molar-refractivity contribution is -0.170. The van der Waals surface area contributed by atoms with Gasteiger partial charge in [-0.15, -0.1) is 0 Å². The number of alkyl halides is 3. The molecule has 0 atom stereocenters. The van der Waals surface area contributed by atoms with Crippen LogP contribution < -0.4 is 0 Å². The summed E-state index contributed by atoms with van der Waals surface area (Å²) in [4.78, 5) is 14.6. The standard InChI is InChI=1S/C12H15F3N2O2S/c13-12(14,15)9(18)6-11-16-10(17-19-11)7-20-8-4-2-1-3-5-8/h8H,1-7H2. The summed E-state index contributed by atoms with van der Waals surface area (Å²) in [5, 5.41) is 4.17. The van der Waals surface area contributed by atoms with E-state index in [4.69, 9.17) is 0 Å². The first-order valence-electron chi connectivity index (χ1n) is 6.48. The minimum atomic E-state index is -4.86. The van der Waals surface area contributed by atoms with Crippen LogP contribution in [-0.4, -0.2) is 27.4 Å². The number of aromatic nitrogens is 2. The van der Waals surface area contributed by atoms with Crippen LogP contribution in [0.1, 0.15) is 43.8 Å². The van der Waals surface area contributed by atoms with E-state index in [1.54, 1.807) is 11.8 Å². The summed E-state index contributed by atoms with van der Waals surface area (Å²) >= 11 is 1.70. The minimum Gasteiger partial charge on any atom is -0.339 e. The van der Waals surface area contributed by atoms with Crippen LogP contribution in [-0.2, 0) is 17.0 Å². The molecular formula is C12H15F3N2O2S. The molecule has 2 rings (SSSR count). The highest BCUT2D eigenvalue weighted by Gasteiger charge is 2.39. The van der Waals surface area contributed by atoms with Crippen molar-refractivity contribution in [2.45, 2.75) is 55.7 Å². The van der Waals surface area contributed by atoms with Gasteiger partial charge in [-0.05, 0) is 12.8 Å². The smallest absolute Gasteiger partial charge is 0.339 e. The highest BCUT2D eigenvalue weighted by molar-refractivity contribution is 7.99. The molecule has 0 N–H and O–H groups in total. The van der Waals surface area contributed by atoms with E-state index in [1.807, 2.05) is 0 Å². The van der Waals surface area contributed by atoms with Crippen LogP contribution >= 0.6 is 11.8 Å². The number of nitrogens with zero attached hydrogens (tertiary/aromatic N) is 2.